The molecule has 0 spiro atoms. The molecule has 2 rings (SSSR count). The maximum Gasteiger partial charge on any atom is 0.0130 e. The van der Waals surface area contributed by atoms with Gasteiger partial charge in [0.05, 0.1) is 0 Å². The van der Waals surface area contributed by atoms with Crippen molar-refractivity contribution in [3.05, 3.63) is 70.3 Å². The quantitative estimate of drug-likeness (QED) is 0.558. The average Bonchev–Trinajstić information content (AvgIpc) is 2.22. The van der Waals surface area contributed by atoms with Crippen molar-refractivity contribution in [2.24, 2.45) is 0 Å². The summed E-state index contributed by atoms with van der Waals surface area (Å²) in [6, 6.07) is 22.2. The lowest BCUT2D eigenvalue weighted by molar-refractivity contribution is 1.65. The highest BCUT2D eigenvalue weighted by molar-refractivity contribution is 14.1. The molecule has 0 N–H and O–H groups in total. The van der Waals surface area contributed by atoms with E-state index in [9.17, 15) is 0 Å². The molecule has 0 saturated heterocycles. The van der Waals surface area contributed by atoms with Crippen molar-refractivity contribution in [3.8, 4) is 0 Å². The lowest BCUT2D eigenvalue weighted by atomic mass is 10.4. The fourth-order valence-electron chi connectivity index (χ4n) is 0.800. The first-order valence-corrected chi connectivity index (χ1v) is 5.18. The molecule has 0 radical (unpaired) electrons. The van der Waals surface area contributed by atoms with Crippen molar-refractivity contribution in [1.82, 2.24) is 0 Å². The number of hydrogen-bond acceptors (Lipinski definition) is 0. The van der Waals surface area contributed by atoms with Gasteiger partial charge < -0.3 is 0 Å². The molecule has 0 heterocycles. The van der Waals surface area contributed by atoms with Gasteiger partial charge in [-0.05, 0) is 34.7 Å². The summed E-state index contributed by atoms with van der Waals surface area (Å²) in [4.78, 5) is 0. The Morgan fingerprint density at radius 2 is 0.857 bits per heavy atom. The Kier molecular flexibility index (Phi) is 9.39. The molecular formula is C12H12I2. The Balaban J connectivity index is 0.000000227. The fourth-order valence-corrected chi connectivity index (χ4v) is 1.21. The molecular weight excluding hydrogens is 398 g/mol. The summed E-state index contributed by atoms with van der Waals surface area (Å²) < 4.78 is 1.29. The Hall–Kier alpha value is -0.1000. The summed E-state index contributed by atoms with van der Waals surface area (Å²) >= 11 is 2.28. The zero-order valence-electron chi connectivity index (χ0n) is 7.64. The lowest BCUT2D eigenvalue weighted by Gasteiger charge is -1.80. The van der Waals surface area contributed by atoms with Gasteiger partial charge in [-0.25, -0.2) is 0 Å². The Morgan fingerprint density at radius 1 is 0.571 bits per heavy atom. The molecule has 0 saturated carbocycles. The summed E-state index contributed by atoms with van der Waals surface area (Å²) in [7, 11) is 0. The second-order valence-electron chi connectivity index (χ2n) is 2.45. The van der Waals surface area contributed by atoms with E-state index in [0.717, 1.165) is 0 Å². The van der Waals surface area contributed by atoms with Crippen LogP contribution in [0.1, 0.15) is 0 Å². The van der Waals surface area contributed by atoms with Gasteiger partial charge in [0.25, 0.3) is 0 Å². The molecule has 2 heteroatoms. The summed E-state index contributed by atoms with van der Waals surface area (Å²) in [6.07, 6.45) is 0. The summed E-state index contributed by atoms with van der Waals surface area (Å²) in [5, 5.41) is 0. The Morgan fingerprint density at radius 3 is 1.07 bits per heavy atom. The monoisotopic (exact) mass is 410 g/mol. The van der Waals surface area contributed by atoms with Crippen LogP contribution < -0.4 is 0 Å². The first-order chi connectivity index (χ1) is 6.39. The summed E-state index contributed by atoms with van der Waals surface area (Å²) in [5.74, 6) is 0. The van der Waals surface area contributed by atoms with E-state index in [4.69, 9.17) is 0 Å². The van der Waals surface area contributed by atoms with E-state index in [2.05, 4.69) is 34.7 Å². The minimum atomic E-state index is 0. The van der Waals surface area contributed by atoms with Gasteiger partial charge in [0.2, 0.25) is 0 Å². The van der Waals surface area contributed by atoms with E-state index in [1.54, 1.807) is 0 Å². The van der Waals surface area contributed by atoms with Crippen molar-refractivity contribution in [1.29, 1.82) is 0 Å². The average molecular weight is 410 g/mol. The van der Waals surface area contributed by atoms with Crippen LogP contribution >= 0.6 is 46.6 Å². The molecule has 0 bridgehead atoms. The van der Waals surface area contributed by atoms with Crippen LogP contribution in [-0.4, -0.2) is 0 Å². The van der Waals surface area contributed by atoms with E-state index < -0.39 is 0 Å². The van der Waals surface area contributed by atoms with Crippen molar-refractivity contribution in [3.63, 3.8) is 0 Å². The molecule has 0 unspecified atom stereocenters. The van der Waals surface area contributed by atoms with Gasteiger partial charge in [-0.3, -0.25) is 0 Å². The van der Waals surface area contributed by atoms with Crippen LogP contribution in [-0.2, 0) is 0 Å². The molecule has 0 nitrogen and oxygen atoms in total. The number of rotatable bonds is 0. The minimum Gasteiger partial charge on any atom is -0.107 e. The number of hydrogen-bond donors (Lipinski definition) is 0. The van der Waals surface area contributed by atoms with Gasteiger partial charge >= 0.3 is 0 Å². The molecule has 2 aromatic rings. The topological polar surface area (TPSA) is 0 Å². The fraction of sp³-hybridized carbons (Fsp3) is 0. The van der Waals surface area contributed by atoms with Crippen LogP contribution in [0.25, 0.3) is 0 Å². The van der Waals surface area contributed by atoms with E-state index in [1.165, 1.54) is 3.57 Å². The molecule has 74 valence electrons. The smallest absolute Gasteiger partial charge is 0.0130 e. The van der Waals surface area contributed by atoms with Crippen LogP contribution in [0.5, 0.6) is 0 Å². The van der Waals surface area contributed by atoms with Crippen LogP contribution in [0.2, 0.25) is 0 Å². The normalized spacial score (nSPS) is 7.79. The maximum atomic E-state index is 2.28. The third-order valence-electron chi connectivity index (χ3n) is 1.40. The van der Waals surface area contributed by atoms with Crippen molar-refractivity contribution in [2.75, 3.05) is 0 Å². The molecule has 2 aromatic carbocycles. The summed E-state index contributed by atoms with van der Waals surface area (Å²) in [6.45, 7) is 0. The second kappa shape index (κ2) is 9.45. The number of benzene rings is 2. The third-order valence-corrected chi connectivity index (χ3v) is 2.12. The van der Waals surface area contributed by atoms with Gasteiger partial charge in [0.1, 0.15) is 0 Å². The van der Waals surface area contributed by atoms with Crippen LogP contribution in [0, 0.1) is 3.57 Å². The molecule has 0 aliphatic heterocycles. The van der Waals surface area contributed by atoms with E-state index in [1.807, 2.05) is 54.6 Å². The highest BCUT2D eigenvalue weighted by Crippen LogP contribution is 1.99. The predicted molar refractivity (Wildman–Crippen MR) is 81.0 cm³/mol. The van der Waals surface area contributed by atoms with Crippen LogP contribution in [0.3, 0.4) is 0 Å². The maximum absolute atomic E-state index is 2.28. The van der Waals surface area contributed by atoms with Crippen molar-refractivity contribution < 1.29 is 0 Å². The minimum absolute atomic E-state index is 0. The predicted octanol–water partition coefficient (Wildman–Crippen LogP) is 4.60. The van der Waals surface area contributed by atoms with Crippen molar-refractivity contribution >= 4 is 46.6 Å². The molecule has 14 heavy (non-hydrogen) atoms. The zero-order valence-corrected chi connectivity index (χ0v) is 12.1. The van der Waals surface area contributed by atoms with Gasteiger partial charge in [0, 0.05) is 3.57 Å². The summed E-state index contributed by atoms with van der Waals surface area (Å²) in [5.41, 5.74) is 0. The van der Waals surface area contributed by atoms with Gasteiger partial charge in [-0.15, -0.1) is 24.0 Å². The lowest BCUT2D eigenvalue weighted by Crippen LogP contribution is -1.61. The first kappa shape index (κ1) is 13.9. The Bertz CT molecular complexity index is 279. The van der Waals surface area contributed by atoms with Gasteiger partial charge in [0.15, 0.2) is 0 Å². The van der Waals surface area contributed by atoms with Gasteiger partial charge in [-0.2, -0.15) is 0 Å². The van der Waals surface area contributed by atoms with Crippen molar-refractivity contribution in [2.45, 2.75) is 0 Å². The molecule has 0 atom stereocenters. The molecule has 0 aromatic heterocycles. The molecule has 0 aliphatic rings. The van der Waals surface area contributed by atoms with Gasteiger partial charge in [-0.1, -0.05) is 54.6 Å². The molecule has 0 aliphatic carbocycles. The third kappa shape index (κ3) is 7.32. The van der Waals surface area contributed by atoms with E-state index >= 15 is 0 Å². The standard InChI is InChI=1S/C6H5I.C6H6.HI/c7-6-4-2-1-3-5-6;1-2-4-6-5-3-1;/h1-5H;1-6H;1H. The number of halogens is 2. The van der Waals surface area contributed by atoms with E-state index in [0.29, 0.717) is 0 Å². The Labute approximate surface area is 116 Å². The van der Waals surface area contributed by atoms with Crippen LogP contribution in [0.15, 0.2) is 66.7 Å². The highest BCUT2D eigenvalue weighted by atomic mass is 127. The highest BCUT2D eigenvalue weighted by Gasteiger charge is 1.74. The largest absolute Gasteiger partial charge is 0.107 e. The molecule has 0 fully saturated rings. The van der Waals surface area contributed by atoms with Crippen LogP contribution in [0.4, 0.5) is 0 Å². The zero-order chi connectivity index (χ0) is 9.36. The SMILES string of the molecule is I.Ic1ccccc1.c1ccccc1. The molecule has 0 amide bonds. The van der Waals surface area contributed by atoms with E-state index in [-0.39, 0.29) is 24.0 Å². The first-order valence-electron chi connectivity index (χ1n) is 4.10. The second-order valence-corrected chi connectivity index (χ2v) is 3.70.